The van der Waals surface area contributed by atoms with Crippen molar-refractivity contribution in [2.24, 2.45) is 7.05 Å². The molecule has 0 spiro atoms. The van der Waals surface area contributed by atoms with Crippen LogP contribution in [-0.2, 0) is 13.5 Å². The van der Waals surface area contributed by atoms with Gasteiger partial charge >= 0.3 is 0 Å². The summed E-state index contributed by atoms with van der Waals surface area (Å²) >= 11 is 6.07. The van der Waals surface area contributed by atoms with Gasteiger partial charge in [0.15, 0.2) is 5.82 Å². The van der Waals surface area contributed by atoms with Crippen LogP contribution in [0.4, 0.5) is 0 Å². The van der Waals surface area contributed by atoms with E-state index in [-0.39, 0.29) is 0 Å². The quantitative estimate of drug-likeness (QED) is 0.611. The molecule has 0 aliphatic heterocycles. The summed E-state index contributed by atoms with van der Waals surface area (Å²) in [5, 5.41) is 13.0. The summed E-state index contributed by atoms with van der Waals surface area (Å²) in [7, 11) is 1.80. The van der Waals surface area contributed by atoms with Crippen LogP contribution in [0.5, 0.6) is 0 Å². The van der Waals surface area contributed by atoms with Crippen molar-refractivity contribution in [1.82, 2.24) is 35.2 Å². The van der Waals surface area contributed by atoms with Gasteiger partial charge in [0.2, 0.25) is 0 Å². The second-order valence-corrected chi connectivity index (χ2v) is 5.20. The maximum Gasteiger partial charge on any atom is 0.158 e. The van der Waals surface area contributed by atoms with Crippen molar-refractivity contribution in [1.29, 1.82) is 0 Å². The van der Waals surface area contributed by atoms with E-state index >= 15 is 0 Å². The van der Waals surface area contributed by atoms with Gasteiger partial charge in [0, 0.05) is 17.5 Å². The predicted molar refractivity (Wildman–Crippen MR) is 78.0 cm³/mol. The Morgan fingerprint density at radius 2 is 2.24 bits per heavy atom. The minimum atomic E-state index is 0.528. The molecule has 0 aliphatic carbocycles. The number of rotatable bonds is 2. The molecule has 0 unspecified atom stereocenters. The molecule has 8 heteroatoms. The largest absolute Gasteiger partial charge is 0.340 e. The average Bonchev–Trinajstić information content (AvgIpc) is 3.06. The van der Waals surface area contributed by atoms with Crippen molar-refractivity contribution in [2.45, 2.75) is 6.42 Å². The van der Waals surface area contributed by atoms with Gasteiger partial charge in [-0.25, -0.2) is 9.67 Å². The highest BCUT2D eigenvalue weighted by molar-refractivity contribution is 6.31. The number of tetrazole rings is 1. The van der Waals surface area contributed by atoms with Crippen LogP contribution in [-0.4, -0.2) is 35.2 Å². The molecule has 1 aromatic carbocycles. The molecule has 0 amide bonds. The van der Waals surface area contributed by atoms with Crippen molar-refractivity contribution in [2.75, 3.05) is 0 Å². The minimum absolute atomic E-state index is 0.528. The summed E-state index contributed by atoms with van der Waals surface area (Å²) in [5.41, 5.74) is 2.59. The van der Waals surface area contributed by atoms with Gasteiger partial charge in [0.25, 0.3) is 0 Å². The third-order valence-electron chi connectivity index (χ3n) is 3.36. The Morgan fingerprint density at radius 1 is 1.33 bits per heavy atom. The predicted octanol–water partition coefficient (Wildman–Crippen LogP) is 1.88. The summed E-state index contributed by atoms with van der Waals surface area (Å²) in [6.45, 7) is 0. The first-order chi connectivity index (χ1) is 10.2. The zero-order valence-corrected chi connectivity index (χ0v) is 11.8. The lowest BCUT2D eigenvalue weighted by Gasteiger charge is -1.97. The molecule has 0 atom stereocenters. The van der Waals surface area contributed by atoms with E-state index in [9.17, 15) is 0 Å². The van der Waals surface area contributed by atoms with E-state index in [0.717, 1.165) is 33.6 Å². The Balaban J connectivity index is 1.87. The molecule has 0 fully saturated rings. The first kappa shape index (κ1) is 12.2. The molecule has 21 heavy (non-hydrogen) atoms. The molecule has 3 aromatic heterocycles. The number of nitrogens with zero attached hydrogens (tertiary/aromatic N) is 6. The number of nitrogens with one attached hydrogen (secondary N) is 1. The van der Waals surface area contributed by atoms with E-state index in [1.807, 2.05) is 18.2 Å². The van der Waals surface area contributed by atoms with E-state index in [4.69, 9.17) is 11.6 Å². The third kappa shape index (κ3) is 2.02. The zero-order chi connectivity index (χ0) is 14.4. The fourth-order valence-electron chi connectivity index (χ4n) is 2.31. The molecule has 0 aliphatic rings. The van der Waals surface area contributed by atoms with E-state index in [0.29, 0.717) is 11.4 Å². The van der Waals surface area contributed by atoms with E-state index in [2.05, 4.69) is 30.5 Å². The van der Waals surface area contributed by atoms with Gasteiger partial charge in [-0.1, -0.05) is 11.6 Å². The Kier molecular flexibility index (Phi) is 2.61. The van der Waals surface area contributed by atoms with Crippen LogP contribution in [0.1, 0.15) is 11.6 Å². The molecule has 7 nitrogen and oxygen atoms in total. The highest BCUT2D eigenvalue weighted by Crippen LogP contribution is 2.25. The molecule has 0 bridgehead atoms. The topological polar surface area (TPSA) is 85.2 Å². The highest BCUT2D eigenvalue weighted by atomic mass is 35.5. The number of aromatic nitrogens is 7. The summed E-state index contributed by atoms with van der Waals surface area (Å²) in [5.74, 6) is 1.53. The van der Waals surface area contributed by atoms with Crippen molar-refractivity contribution in [3.8, 4) is 0 Å². The molecule has 104 valence electrons. The summed E-state index contributed by atoms with van der Waals surface area (Å²) < 4.78 is 1.63. The van der Waals surface area contributed by atoms with Gasteiger partial charge in [0.1, 0.15) is 5.82 Å². The second kappa shape index (κ2) is 4.49. The van der Waals surface area contributed by atoms with Crippen LogP contribution in [0.15, 0.2) is 24.4 Å². The maximum atomic E-state index is 6.07. The maximum absolute atomic E-state index is 6.07. The summed E-state index contributed by atoms with van der Waals surface area (Å²) in [6, 6.07) is 5.58. The van der Waals surface area contributed by atoms with Crippen molar-refractivity contribution in [3.63, 3.8) is 0 Å². The van der Waals surface area contributed by atoms with Gasteiger partial charge < -0.3 is 4.98 Å². The lowest BCUT2D eigenvalue weighted by atomic mass is 10.2. The number of aromatic amines is 1. The number of H-pyrrole nitrogens is 1. The van der Waals surface area contributed by atoms with E-state index < -0.39 is 0 Å². The average molecular weight is 300 g/mol. The second-order valence-electron chi connectivity index (χ2n) is 4.76. The number of imidazole rings is 1. The number of hydrogen-bond acceptors (Lipinski definition) is 5. The van der Waals surface area contributed by atoms with Crippen LogP contribution in [0.3, 0.4) is 0 Å². The van der Waals surface area contributed by atoms with Crippen LogP contribution in [0.2, 0.25) is 5.02 Å². The Hall–Kier alpha value is -2.54. The van der Waals surface area contributed by atoms with Crippen LogP contribution >= 0.6 is 11.6 Å². The molecule has 3 heterocycles. The fraction of sp³-hybridized carbons (Fsp3) is 0.154. The first-order valence-electron chi connectivity index (χ1n) is 6.35. The van der Waals surface area contributed by atoms with Gasteiger partial charge in [-0.05, 0) is 28.6 Å². The van der Waals surface area contributed by atoms with E-state index in [1.54, 1.807) is 17.9 Å². The Morgan fingerprint density at radius 3 is 3.05 bits per heavy atom. The van der Waals surface area contributed by atoms with Crippen LogP contribution in [0.25, 0.3) is 21.9 Å². The van der Waals surface area contributed by atoms with Gasteiger partial charge in [-0.2, -0.15) is 0 Å². The molecule has 0 saturated heterocycles. The molecular weight excluding hydrogens is 290 g/mol. The normalized spacial score (nSPS) is 11.5. The molecule has 0 radical (unpaired) electrons. The summed E-state index contributed by atoms with van der Waals surface area (Å²) in [6.07, 6.45) is 2.30. The minimum Gasteiger partial charge on any atom is -0.340 e. The van der Waals surface area contributed by atoms with Crippen LogP contribution in [0, 0.1) is 0 Å². The van der Waals surface area contributed by atoms with Gasteiger partial charge in [-0.3, -0.25) is 4.98 Å². The Bertz CT molecular complexity index is 956. The van der Waals surface area contributed by atoms with Crippen LogP contribution < -0.4 is 0 Å². The molecule has 0 saturated carbocycles. The molecule has 4 rings (SSSR count). The van der Waals surface area contributed by atoms with E-state index in [1.165, 1.54) is 0 Å². The monoisotopic (exact) mass is 299 g/mol. The molecule has 1 N–H and O–H groups in total. The van der Waals surface area contributed by atoms with Crippen molar-refractivity contribution < 1.29 is 0 Å². The van der Waals surface area contributed by atoms with Crippen molar-refractivity contribution in [3.05, 3.63) is 41.1 Å². The SMILES string of the molecule is Cn1nnnc1Cc1nc2c(cnc3ccc(Cl)cc32)[nH]1. The van der Waals surface area contributed by atoms with Gasteiger partial charge in [-0.15, -0.1) is 5.10 Å². The number of halogens is 1. The number of aryl methyl sites for hydroxylation is 1. The number of pyridine rings is 1. The number of fused-ring (bicyclic) bond motifs is 3. The third-order valence-corrected chi connectivity index (χ3v) is 3.60. The first-order valence-corrected chi connectivity index (χ1v) is 6.72. The smallest absolute Gasteiger partial charge is 0.158 e. The molecular formula is C13H10ClN7. The molecule has 4 aromatic rings. The lowest BCUT2D eigenvalue weighted by Crippen LogP contribution is -2.01. The highest BCUT2D eigenvalue weighted by Gasteiger charge is 2.11. The standard InChI is InChI=1S/C13H10ClN7/c1-21-12(18-19-20-21)5-11-16-10-6-15-9-3-2-7(14)4-8(9)13(10)17-11/h2-4,6H,5H2,1H3,(H,16,17). The summed E-state index contributed by atoms with van der Waals surface area (Å²) in [4.78, 5) is 12.3. The number of hydrogen-bond donors (Lipinski definition) is 1. The number of benzene rings is 1. The fourth-order valence-corrected chi connectivity index (χ4v) is 2.48. The van der Waals surface area contributed by atoms with Gasteiger partial charge in [0.05, 0.1) is 29.2 Å². The lowest BCUT2D eigenvalue weighted by molar-refractivity contribution is 0.682. The van der Waals surface area contributed by atoms with Crippen molar-refractivity contribution >= 4 is 33.5 Å². The zero-order valence-electron chi connectivity index (χ0n) is 11.1. The Labute approximate surface area is 124 Å².